The van der Waals surface area contributed by atoms with Crippen LogP contribution in [0.4, 0.5) is 0 Å². The van der Waals surface area contributed by atoms with Crippen LogP contribution in [0.5, 0.6) is 0 Å². The van der Waals surface area contributed by atoms with E-state index in [1.54, 1.807) is 4.90 Å². The normalized spacial score (nSPS) is 33.9. The molecule has 2 fully saturated rings. The highest BCUT2D eigenvalue weighted by atomic mass is 16.2. The number of carbonyl (C=O) groups is 2. The molecular weight excluding hydrogens is 178 g/mol. The molecule has 3 nitrogen and oxygen atoms in total. The van der Waals surface area contributed by atoms with E-state index in [0.29, 0.717) is 18.8 Å². The van der Waals surface area contributed by atoms with Gasteiger partial charge in [0.1, 0.15) is 0 Å². The number of nitrogens with zero attached hydrogens (tertiary/aromatic N) is 1. The number of rotatable bonds is 1. The summed E-state index contributed by atoms with van der Waals surface area (Å²) in [5.74, 6) is 0.595. The molecule has 1 aliphatic heterocycles. The minimum Gasteiger partial charge on any atom is -0.279 e. The van der Waals surface area contributed by atoms with E-state index in [1.165, 1.54) is 6.42 Å². The molecule has 14 heavy (non-hydrogen) atoms. The maximum atomic E-state index is 11.5. The van der Waals surface area contributed by atoms with Crippen molar-refractivity contribution in [1.82, 2.24) is 4.90 Å². The SMILES string of the molecule is CC1CCCCC1N1C(=O)CCC1=O. The van der Waals surface area contributed by atoms with Crippen molar-refractivity contribution in [2.75, 3.05) is 0 Å². The van der Waals surface area contributed by atoms with Gasteiger partial charge in [-0.05, 0) is 18.8 Å². The zero-order valence-corrected chi connectivity index (χ0v) is 8.66. The van der Waals surface area contributed by atoms with E-state index in [4.69, 9.17) is 0 Å². The highest BCUT2D eigenvalue weighted by Crippen LogP contribution is 2.31. The largest absolute Gasteiger partial charge is 0.279 e. The Labute approximate surface area is 84.5 Å². The summed E-state index contributed by atoms with van der Waals surface area (Å²) >= 11 is 0. The molecule has 2 atom stereocenters. The summed E-state index contributed by atoms with van der Waals surface area (Å²) < 4.78 is 0. The summed E-state index contributed by atoms with van der Waals surface area (Å²) in [5.41, 5.74) is 0. The first-order chi connectivity index (χ1) is 6.70. The van der Waals surface area contributed by atoms with Crippen molar-refractivity contribution in [2.45, 2.75) is 51.5 Å². The fourth-order valence-electron chi connectivity index (χ4n) is 2.64. The third-order valence-electron chi connectivity index (χ3n) is 3.49. The monoisotopic (exact) mass is 195 g/mol. The summed E-state index contributed by atoms with van der Waals surface area (Å²) in [6.45, 7) is 2.16. The van der Waals surface area contributed by atoms with Crippen molar-refractivity contribution in [1.29, 1.82) is 0 Å². The Morgan fingerprint density at radius 2 is 1.64 bits per heavy atom. The highest BCUT2D eigenvalue weighted by molar-refractivity contribution is 6.02. The molecule has 0 aromatic carbocycles. The molecule has 0 aromatic heterocycles. The molecule has 2 aliphatic rings. The number of likely N-dealkylation sites (tertiary alicyclic amines) is 1. The van der Waals surface area contributed by atoms with Gasteiger partial charge in [-0.3, -0.25) is 14.5 Å². The average molecular weight is 195 g/mol. The Bertz CT molecular complexity index is 246. The van der Waals surface area contributed by atoms with Crippen LogP contribution in [0, 0.1) is 5.92 Å². The summed E-state index contributed by atoms with van der Waals surface area (Å²) in [4.78, 5) is 24.6. The Hall–Kier alpha value is -0.860. The second-order valence-corrected chi connectivity index (χ2v) is 4.49. The molecule has 1 heterocycles. The van der Waals surface area contributed by atoms with E-state index in [2.05, 4.69) is 6.92 Å². The highest BCUT2D eigenvalue weighted by Gasteiger charge is 2.38. The Morgan fingerprint density at radius 1 is 1.07 bits per heavy atom. The molecule has 1 saturated carbocycles. The van der Waals surface area contributed by atoms with E-state index in [9.17, 15) is 9.59 Å². The Balaban J connectivity index is 2.12. The number of amides is 2. The molecule has 2 unspecified atom stereocenters. The minimum absolute atomic E-state index is 0.0498. The van der Waals surface area contributed by atoms with Gasteiger partial charge in [0, 0.05) is 18.9 Å². The molecule has 0 N–H and O–H groups in total. The molecule has 0 radical (unpaired) electrons. The van der Waals surface area contributed by atoms with Crippen molar-refractivity contribution in [3.05, 3.63) is 0 Å². The second-order valence-electron chi connectivity index (χ2n) is 4.49. The van der Waals surface area contributed by atoms with Crippen molar-refractivity contribution in [3.8, 4) is 0 Å². The van der Waals surface area contributed by atoms with Crippen LogP contribution in [-0.2, 0) is 9.59 Å². The summed E-state index contributed by atoms with van der Waals surface area (Å²) in [7, 11) is 0. The fraction of sp³-hybridized carbons (Fsp3) is 0.818. The molecule has 1 saturated heterocycles. The summed E-state index contributed by atoms with van der Waals surface area (Å²) in [5, 5.41) is 0. The van der Waals surface area contributed by atoms with Crippen molar-refractivity contribution >= 4 is 11.8 Å². The van der Waals surface area contributed by atoms with Crippen molar-refractivity contribution in [3.63, 3.8) is 0 Å². The van der Waals surface area contributed by atoms with Crippen molar-refractivity contribution < 1.29 is 9.59 Å². The number of imide groups is 1. The first-order valence-electron chi connectivity index (χ1n) is 5.55. The van der Waals surface area contributed by atoms with Gasteiger partial charge in [0.25, 0.3) is 0 Å². The van der Waals surface area contributed by atoms with E-state index in [-0.39, 0.29) is 17.9 Å². The topological polar surface area (TPSA) is 37.4 Å². The molecule has 78 valence electrons. The molecule has 0 bridgehead atoms. The molecule has 1 aliphatic carbocycles. The molecular formula is C11H17NO2. The zero-order chi connectivity index (χ0) is 10.1. The van der Waals surface area contributed by atoms with Gasteiger partial charge < -0.3 is 0 Å². The lowest BCUT2D eigenvalue weighted by atomic mass is 9.85. The Kier molecular flexibility index (Phi) is 2.57. The maximum absolute atomic E-state index is 11.5. The molecule has 3 heteroatoms. The minimum atomic E-state index is 0.0498. The van der Waals surface area contributed by atoms with Gasteiger partial charge >= 0.3 is 0 Å². The van der Waals surface area contributed by atoms with Gasteiger partial charge in [0.15, 0.2) is 0 Å². The fourth-order valence-corrected chi connectivity index (χ4v) is 2.64. The molecule has 2 amide bonds. The Morgan fingerprint density at radius 3 is 2.21 bits per heavy atom. The van der Waals surface area contributed by atoms with Crippen molar-refractivity contribution in [2.24, 2.45) is 5.92 Å². The van der Waals surface area contributed by atoms with Crippen LogP contribution in [0.1, 0.15) is 45.4 Å². The van der Waals surface area contributed by atoms with Crippen LogP contribution in [0.15, 0.2) is 0 Å². The smallest absolute Gasteiger partial charge is 0.229 e. The van der Waals surface area contributed by atoms with Gasteiger partial charge in [-0.1, -0.05) is 19.8 Å². The van der Waals surface area contributed by atoms with E-state index in [0.717, 1.165) is 19.3 Å². The van der Waals surface area contributed by atoms with Crippen LogP contribution in [0.3, 0.4) is 0 Å². The predicted molar refractivity (Wildman–Crippen MR) is 52.5 cm³/mol. The van der Waals surface area contributed by atoms with Gasteiger partial charge in [0.05, 0.1) is 0 Å². The van der Waals surface area contributed by atoms with Crippen LogP contribution < -0.4 is 0 Å². The van der Waals surface area contributed by atoms with Crippen LogP contribution in [0.25, 0.3) is 0 Å². The van der Waals surface area contributed by atoms with Gasteiger partial charge in [-0.2, -0.15) is 0 Å². The number of hydrogen-bond donors (Lipinski definition) is 0. The number of carbonyl (C=O) groups excluding carboxylic acids is 2. The van der Waals surface area contributed by atoms with Gasteiger partial charge in [0.2, 0.25) is 11.8 Å². The average Bonchev–Trinajstić information content (AvgIpc) is 2.48. The third-order valence-corrected chi connectivity index (χ3v) is 3.49. The van der Waals surface area contributed by atoms with E-state index >= 15 is 0 Å². The molecule has 0 spiro atoms. The standard InChI is InChI=1S/C11H17NO2/c1-8-4-2-3-5-9(8)12-10(13)6-7-11(12)14/h8-9H,2-7H2,1H3. The van der Waals surface area contributed by atoms with Gasteiger partial charge in [-0.25, -0.2) is 0 Å². The van der Waals surface area contributed by atoms with Crippen LogP contribution in [0.2, 0.25) is 0 Å². The second kappa shape index (κ2) is 3.71. The van der Waals surface area contributed by atoms with Crippen LogP contribution in [-0.4, -0.2) is 22.8 Å². The lowest BCUT2D eigenvalue weighted by Crippen LogP contribution is -2.44. The summed E-state index contributed by atoms with van der Waals surface area (Å²) in [6, 6.07) is 0.200. The lowest BCUT2D eigenvalue weighted by Gasteiger charge is -2.34. The van der Waals surface area contributed by atoms with Gasteiger partial charge in [-0.15, -0.1) is 0 Å². The zero-order valence-electron chi connectivity index (χ0n) is 8.66. The van der Waals surface area contributed by atoms with E-state index in [1.807, 2.05) is 0 Å². The predicted octanol–water partition coefficient (Wildman–Crippen LogP) is 1.71. The first kappa shape index (κ1) is 9.69. The number of hydrogen-bond acceptors (Lipinski definition) is 2. The maximum Gasteiger partial charge on any atom is 0.229 e. The van der Waals surface area contributed by atoms with Crippen LogP contribution >= 0.6 is 0 Å². The quantitative estimate of drug-likeness (QED) is 0.597. The molecule has 0 aromatic rings. The third kappa shape index (κ3) is 1.56. The molecule has 2 rings (SSSR count). The summed E-state index contributed by atoms with van der Waals surface area (Å²) in [6.07, 6.45) is 5.43. The lowest BCUT2D eigenvalue weighted by molar-refractivity contribution is -0.143. The first-order valence-corrected chi connectivity index (χ1v) is 5.55. The van der Waals surface area contributed by atoms with E-state index < -0.39 is 0 Å².